The van der Waals surface area contributed by atoms with Crippen LogP contribution in [0.4, 0.5) is 11.8 Å². The van der Waals surface area contributed by atoms with Crippen LogP contribution in [-0.2, 0) is 4.79 Å². The summed E-state index contributed by atoms with van der Waals surface area (Å²) in [6, 6.07) is 0.0757. The number of hydrogen-bond donors (Lipinski definition) is 4. The van der Waals surface area contributed by atoms with Gasteiger partial charge in [0, 0.05) is 24.7 Å². The van der Waals surface area contributed by atoms with E-state index in [2.05, 4.69) is 26.0 Å². The number of aromatic nitrogens is 2. The zero-order valence-corrected chi connectivity index (χ0v) is 8.95. The molecular weight excluding hydrogens is 208 g/mol. The second-order valence-corrected chi connectivity index (χ2v) is 3.72. The molecule has 86 valence electrons. The fourth-order valence-corrected chi connectivity index (χ4v) is 1.56. The van der Waals surface area contributed by atoms with Crippen molar-refractivity contribution in [3.8, 4) is 0 Å². The van der Waals surface area contributed by atoms with Gasteiger partial charge in [0.1, 0.15) is 5.82 Å². The summed E-state index contributed by atoms with van der Waals surface area (Å²) in [5.74, 6) is 6.34. The van der Waals surface area contributed by atoms with E-state index < -0.39 is 0 Å². The molecule has 0 aliphatic carbocycles. The molecule has 0 bridgehead atoms. The topological polar surface area (TPSA) is 105 Å². The quantitative estimate of drug-likeness (QED) is 0.401. The van der Waals surface area contributed by atoms with Crippen molar-refractivity contribution in [3.05, 3.63) is 11.8 Å². The summed E-state index contributed by atoms with van der Waals surface area (Å²) in [6.45, 7) is 2.51. The summed E-state index contributed by atoms with van der Waals surface area (Å²) < 4.78 is 0. The highest BCUT2D eigenvalue weighted by Gasteiger charge is 2.22. The van der Waals surface area contributed by atoms with E-state index in [9.17, 15) is 4.79 Å². The van der Waals surface area contributed by atoms with Crippen molar-refractivity contribution < 1.29 is 4.79 Å². The van der Waals surface area contributed by atoms with Crippen LogP contribution in [0.2, 0.25) is 0 Å². The van der Waals surface area contributed by atoms with E-state index >= 15 is 0 Å². The average Bonchev–Trinajstić information content (AvgIpc) is 2.67. The van der Waals surface area contributed by atoms with Crippen molar-refractivity contribution in [1.82, 2.24) is 15.3 Å². The smallest absolute Gasteiger partial charge is 0.239 e. The lowest BCUT2D eigenvalue weighted by Gasteiger charge is -2.13. The normalized spacial score (nSPS) is 19.4. The van der Waals surface area contributed by atoms with Crippen LogP contribution in [0.1, 0.15) is 12.0 Å². The standard InChI is InChI=1S/C9H14N6O/c1-5-3-12-9(15-10)14-8(5)13-6-2-7(16)11-4-6/h3,6H,2,4,10H2,1H3,(H,11,16)(H2,12,13,14,15). The Hall–Kier alpha value is -1.89. The minimum absolute atomic E-state index is 0.0568. The van der Waals surface area contributed by atoms with Crippen LogP contribution in [0, 0.1) is 6.92 Å². The van der Waals surface area contributed by atoms with Gasteiger partial charge < -0.3 is 10.6 Å². The molecule has 1 aliphatic rings. The molecule has 7 heteroatoms. The first kappa shape index (κ1) is 10.6. The highest BCUT2D eigenvalue weighted by atomic mass is 16.1. The Balaban J connectivity index is 2.11. The Kier molecular flexibility index (Phi) is 2.86. The molecule has 0 radical (unpaired) electrons. The van der Waals surface area contributed by atoms with Gasteiger partial charge >= 0.3 is 0 Å². The average molecular weight is 222 g/mol. The van der Waals surface area contributed by atoms with Crippen LogP contribution in [0.3, 0.4) is 0 Å². The SMILES string of the molecule is Cc1cnc(NN)nc1NC1CNC(=O)C1. The van der Waals surface area contributed by atoms with Crippen LogP contribution in [0.15, 0.2) is 6.20 Å². The maximum Gasteiger partial charge on any atom is 0.239 e. The lowest BCUT2D eigenvalue weighted by atomic mass is 10.2. The molecule has 1 aromatic heterocycles. The molecule has 16 heavy (non-hydrogen) atoms. The largest absolute Gasteiger partial charge is 0.365 e. The van der Waals surface area contributed by atoms with Gasteiger partial charge in [-0.3, -0.25) is 10.2 Å². The summed E-state index contributed by atoms with van der Waals surface area (Å²) in [4.78, 5) is 19.2. The molecular formula is C9H14N6O. The molecule has 7 nitrogen and oxygen atoms in total. The minimum Gasteiger partial charge on any atom is -0.365 e. The number of aryl methyl sites for hydroxylation is 1. The number of nitrogens with one attached hydrogen (secondary N) is 3. The summed E-state index contributed by atoms with van der Waals surface area (Å²) in [5.41, 5.74) is 3.30. The third kappa shape index (κ3) is 2.19. The third-order valence-corrected chi connectivity index (χ3v) is 2.42. The maximum atomic E-state index is 11.0. The van der Waals surface area contributed by atoms with Crippen LogP contribution in [0.5, 0.6) is 0 Å². The van der Waals surface area contributed by atoms with E-state index in [0.717, 1.165) is 5.56 Å². The first-order chi connectivity index (χ1) is 7.69. The summed E-state index contributed by atoms with van der Waals surface area (Å²) in [7, 11) is 0. The van der Waals surface area contributed by atoms with Gasteiger partial charge in [0.25, 0.3) is 0 Å². The highest BCUT2D eigenvalue weighted by Crippen LogP contribution is 2.15. The van der Waals surface area contributed by atoms with Crippen LogP contribution >= 0.6 is 0 Å². The number of rotatable bonds is 3. The molecule has 1 amide bonds. The monoisotopic (exact) mass is 222 g/mol. The number of hydrogen-bond acceptors (Lipinski definition) is 6. The maximum absolute atomic E-state index is 11.0. The van der Waals surface area contributed by atoms with Gasteiger partial charge in [-0.15, -0.1) is 0 Å². The molecule has 1 unspecified atom stereocenters. The number of amides is 1. The highest BCUT2D eigenvalue weighted by molar-refractivity contribution is 5.79. The minimum atomic E-state index is 0.0568. The van der Waals surface area contributed by atoms with Crippen molar-refractivity contribution >= 4 is 17.7 Å². The molecule has 2 heterocycles. The number of hydrazine groups is 1. The number of anilines is 2. The Morgan fingerprint density at radius 2 is 2.44 bits per heavy atom. The molecule has 1 aromatic rings. The fourth-order valence-electron chi connectivity index (χ4n) is 1.56. The number of nitrogens with two attached hydrogens (primary N) is 1. The number of nitrogens with zero attached hydrogens (tertiary/aromatic N) is 2. The molecule has 2 rings (SSSR count). The second-order valence-electron chi connectivity index (χ2n) is 3.72. The van der Waals surface area contributed by atoms with Crippen molar-refractivity contribution in [3.63, 3.8) is 0 Å². The van der Waals surface area contributed by atoms with Crippen molar-refractivity contribution in [1.29, 1.82) is 0 Å². The van der Waals surface area contributed by atoms with Gasteiger partial charge in [-0.2, -0.15) is 4.98 Å². The zero-order valence-electron chi connectivity index (χ0n) is 8.95. The lowest BCUT2D eigenvalue weighted by Crippen LogP contribution is -2.24. The van der Waals surface area contributed by atoms with E-state index in [4.69, 9.17) is 5.84 Å². The molecule has 1 aliphatic heterocycles. The van der Waals surface area contributed by atoms with E-state index in [-0.39, 0.29) is 11.9 Å². The Morgan fingerprint density at radius 1 is 1.62 bits per heavy atom. The Labute approximate surface area is 92.8 Å². The van der Waals surface area contributed by atoms with Crippen LogP contribution in [0.25, 0.3) is 0 Å². The van der Waals surface area contributed by atoms with E-state index in [1.165, 1.54) is 0 Å². The molecule has 1 fully saturated rings. The summed E-state index contributed by atoms with van der Waals surface area (Å²) >= 11 is 0. The third-order valence-electron chi connectivity index (χ3n) is 2.42. The van der Waals surface area contributed by atoms with Crippen molar-refractivity contribution in [2.24, 2.45) is 5.84 Å². The first-order valence-electron chi connectivity index (χ1n) is 5.02. The van der Waals surface area contributed by atoms with Gasteiger partial charge in [-0.25, -0.2) is 10.8 Å². The summed E-state index contributed by atoms with van der Waals surface area (Å²) in [6.07, 6.45) is 2.14. The second kappa shape index (κ2) is 4.31. The van der Waals surface area contributed by atoms with Gasteiger partial charge in [0.2, 0.25) is 11.9 Å². The van der Waals surface area contributed by atoms with E-state index in [0.29, 0.717) is 24.7 Å². The van der Waals surface area contributed by atoms with Gasteiger partial charge in [-0.05, 0) is 6.92 Å². The predicted molar refractivity (Wildman–Crippen MR) is 59.6 cm³/mol. The number of carbonyl (C=O) groups excluding carboxylic acids is 1. The molecule has 0 aromatic carbocycles. The Morgan fingerprint density at radius 3 is 3.06 bits per heavy atom. The van der Waals surface area contributed by atoms with Crippen molar-refractivity contribution in [2.75, 3.05) is 17.3 Å². The number of nitrogen functional groups attached to an aromatic ring is 1. The van der Waals surface area contributed by atoms with Crippen LogP contribution < -0.4 is 21.9 Å². The van der Waals surface area contributed by atoms with E-state index in [1.807, 2.05) is 6.92 Å². The van der Waals surface area contributed by atoms with Gasteiger partial charge in [-0.1, -0.05) is 0 Å². The Bertz CT molecular complexity index is 407. The molecule has 5 N–H and O–H groups in total. The molecule has 1 saturated heterocycles. The predicted octanol–water partition coefficient (Wildman–Crippen LogP) is -0.629. The van der Waals surface area contributed by atoms with E-state index in [1.54, 1.807) is 6.20 Å². The van der Waals surface area contributed by atoms with Gasteiger partial charge in [0.05, 0.1) is 6.04 Å². The molecule has 1 atom stereocenters. The number of carbonyl (C=O) groups is 1. The first-order valence-corrected chi connectivity index (χ1v) is 5.02. The lowest BCUT2D eigenvalue weighted by molar-refractivity contribution is -0.119. The zero-order chi connectivity index (χ0) is 11.5. The van der Waals surface area contributed by atoms with Crippen LogP contribution in [-0.4, -0.2) is 28.5 Å². The van der Waals surface area contributed by atoms with Gasteiger partial charge in [0.15, 0.2) is 0 Å². The fraction of sp³-hybridized carbons (Fsp3) is 0.444. The molecule has 0 spiro atoms. The van der Waals surface area contributed by atoms with Crippen molar-refractivity contribution in [2.45, 2.75) is 19.4 Å². The molecule has 0 saturated carbocycles. The summed E-state index contributed by atoms with van der Waals surface area (Å²) in [5, 5.41) is 5.94.